The molecular formula is C26H22N2O3. The predicted molar refractivity (Wildman–Crippen MR) is 121 cm³/mol. The van der Waals surface area contributed by atoms with Crippen molar-refractivity contribution in [2.75, 3.05) is 0 Å². The minimum absolute atomic E-state index is 0.164. The molecule has 5 nitrogen and oxygen atoms in total. The summed E-state index contributed by atoms with van der Waals surface area (Å²) in [6, 6.07) is 22.2. The molecule has 0 unspecified atom stereocenters. The number of para-hydroxylation sites is 1. The Morgan fingerprint density at radius 3 is 2.35 bits per heavy atom. The molecule has 0 aliphatic heterocycles. The number of aromatic nitrogens is 2. The number of rotatable bonds is 6. The second-order valence-electron chi connectivity index (χ2n) is 7.60. The largest absolute Gasteiger partial charge is 0.508 e. The third-order valence-corrected chi connectivity index (χ3v) is 5.41. The number of hydrogen-bond acceptors (Lipinski definition) is 4. The van der Waals surface area contributed by atoms with E-state index in [1.807, 2.05) is 18.2 Å². The highest BCUT2D eigenvalue weighted by Gasteiger charge is 2.18. The molecule has 5 rings (SSSR count). The Morgan fingerprint density at radius 1 is 0.806 bits per heavy atom. The van der Waals surface area contributed by atoms with Crippen LogP contribution in [0.25, 0.3) is 33.5 Å². The van der Waals surface area contributed by atoms with Gasteiger partial charge in [-0.3, -0.25) is 0 Å². The van der Waals surface area contributed by atoms with Crippen molar-refractivity contribution in [3.8, 4) is 34.1 Å². The number of hydrogen-bond donors (Lipinski definition) is 3. The molecule has 3 aromatic carbocycles. The van der Waals surface area contributed by atoms with Gasteiger partial charge in [-0.25, -0.2) is 4.98 Å². The van der Waals surface area contributed by atoms with Gasteiger partial charge in [0.05, 0.1) is 0 Å². The lowest BCUT2D eigenvalue weighted by molar-refractivity contribution is 0.473. The number of benzene rings is 3. The van der Waals surface area contributed by atoms with Crippen LogP contribution in [0.2, 0.25) is 0 Å². The first-order chi connectivity index (χ1) is 15.2. The van der Waals surface area contributed by atoms with Gasteiger partial charge in [0, 0.05) is 34.6 Å². The van der Waals surface area contributed by atoms with Crippen LogP contribution in [0.1, 0.15) is 17.9 Å². The molecule has 0 saturated carbocycles. The molecule has 0 bridgehead atoms. The van der Waals surface area contributed by atoms with E-state index in [1.54, 1.807) is 36.4 Å². The number of aromatic amines is 1. The second kappa shape index (κ2) is 8.03. The fraction of sp³-hybridized carbons (Fsp3) is 0.115. The summed E-state index contributed by atoms with van der Waals surface area (Å²) in [6.45, 7) is 0. The number of aryl methyl sites for hydroxylation is 2. The highest BCUT2D eigenvalue weighted by molar-refractivity contribution is 5.83. The van der Waals surface area contributed by atoms with Crippen molar-refractivity contribution >= 4 is 10.9 Å². The molecule has 0 radical (unpaired) electrons. The molecule has 0 amide bonds. The lowest BCUT2D eigenvalue weighted by atomic mass is 10.1. The molecule has 0 aliphatic carbocycles. The number of phenolic OH excluding ortho intramolecular Hbond substituents is 2. The number of nitrogens with zero attached hydrogens (tertiary/aromatic N) is 1. The molecule has 31 heavy (non-hydrogen) atoms. The third-order valence-electron chi connectivity index (χ3n) is 5.41. The van der Waals surface area contributed by atoms with E-state index in [1.165, 1.54) is 10.9 Å². The van der Waals surface area contributed by atoms with Gasteiger partial charge >= 0.3 is 0 Å². The molecule has 0 fully saturated rings. The SMILES string of the molecule is Oc1cccc(-c2nc(CCCc3c[nH]c4ccccc34)oc2-c2cccc(O)c2)c1. The Kier molecular flexibility index (Phi) is 4.92. The first-order valence-electron chi connectivity index (χ1n) is 10.3. The fourth-order valence-electron chi connectivity index (χ4n) is 3.93. The predicted octanol–water partition coefficient (Wildman–Crippen LogP) is 6.08. The Balaban J connectivity index is 1.43. The average molecular weight is 410 g/mol. The highest BCUT2D eigenvalue weighted by atomic mass is 16.4. The minimum atomic E-state index is 0.164. The van der Waals surface area contributed by atoms with Gasteiger partial charge in [0.15, 0.2) is 11.7 Å². The zero-order chi connectivity index (χ0) is 21.2. The van der Waals surface area contributed by atoms with Gasteiger partial charge in [-0.15, -0.1) is 0 Å². The van der Waals surface area contributed by atoms with Crippen molar-refractivity contribution in [1.82, 2.24) is 9.97 Å². The van der Waals surface area contributed by atoms with Crippen molar-refractivity contribution in [3.05, 3.63) is 90.4 Å². The Labute approximate surface area is 179 Å². The van der Waals surface area contributed by atoms with Crippen molar-refractivity contribution in [3.63, 3.8) is 0 Å². The van der Waals surface area contributed by atoms with E-state index in [9.17, 15) is 10.2 Å². The molecule has 5 aromatic rings. The molecule has 2 aromatic heterocycles. The summed E-state index contributed by atoms with van der Waals surface area (Å²) in [5.74, 6) is 1.56. The monoisotopic (exact) mass is 410 g/mol. The van der Waals surface area contributed by atoms with Crippen LogP contribution in [-0.2, 0) is 12.8 Å². The van der Waals surface area contributed by atoms with E-state index in [0.29, 0.717) is 23.8 Å². The van der Waals surface area contributed by atoms with Gasteiger partial charge in [-0.2, -0.15) is 0 Å². The summed E-state index contributed by atoms with van der Waals surface area (Å²) >= 11 is 0. The highest BCUT2D eigenvalue weighted by Crippen LogP contribution is 2.35. The maximum Gasteiger partial charge on any atom is 0.195 e. The molecule has 154 valence electrons. The van der Waals surface area contributed by atoms with Gasteiger partial charge in [0.1, 0.15) is 17.2 Å². The molecule has 0 aliphatic rings. The maximum atomic E-state index is 9.92. The quantitative estimate of drug-likeness (QED) is 0.317. The van der Waals surface area contributed by atoms with Gasteiger partial charge in [-0.1, -0.05) is 42.5 Å². The molecular weight excluding hydrogens is 388 g/mol. The first-order valence-corrected chi connectivity index (χ1v) is 10.3. The maximum absolute atomic E-state index is 9.92. The van der Waals surface area contributed by atoms with Crippen LogP contribution >= 0.6 is 0 Å². The second-order valence-corrected chi connectivity index (χ2v) is 7.60. The molecule has 3 N–H and O–H groups in total. The van der Waals surface area contributed by atoms with Crippen LogP contribution in [0, 0.1) is 0 Å². The van der Waals surface area contributed by atoms with E-state index in [2.05, 4.69) is 29.4 Å². The lowest BCUT2D eigenvalue weighted by Gasteiger charge is -2.03. The first kappa shape index (κ1) is 19.0. The number of nitrogens with one attached hydrogen (secondary N) is 1. The number of fused-ring (bicyclic) bond motifs is 1. The summed E-state index contributed by atoms with van der Waals surface area (Å²) in [5.41, 5.74) is 4.59. The zero-order valence-electron chi connectivity index (χ0n) is 16.9. The van der Waals surface area contributed by atoms with Crippen molar-refractivity contribution in [1.29, 1.82) is 0 Å². The molecule has 0 atom stereocenters. The van der Waals surface area contributed by atoms with Crippen LogP contribution in [0.15, 0.2) is 83.4 Å². The topological polar surface area (TPSA) is 82.3 Å². The van der Waals surface area contributed by atoms with Gasteiger partial charge < -0.3 is 19.6 Å². The van der Waals surface area contributed by atoms with E-state index in [0.717, 1.165) is 29.5 Å². The van der Waals surface area contributed by atoms with Crippen molar-refractivity contribution < 1.29 is 14.6 Å². The fourth-order valence-corrected chi connectivity index (χ4v) is 3.93. The van der Waals surface area contributed by atoms with Gasteiger partial charge in [0.25, 0.3) is 0 Å². The molecule has 0 saturated heterocycles. The summed E-state index contributed by atoms with van der Waals surface area (Å²) in [5, 5.41) is 21.1. The number of oxazole rings is 1. The Hall–Kier alpha value is -3.99. The van der Waals surface area contributed by atoms with Crippen LogP contribution in [-0.4, -0.2) is 20.2 Å². The van der Waals surface area contributed by atoms with Crippen LogP contribution in [0.5, 0.6) is 11.5 Å². The van der Waals surface area contributed by atoms with E-state index in [-0.39, 0.29) is 11.5 Å². The number of aromatic hydroxyl groups is 2. The van der Waals surface area contributed by atoms with Gasteiger partial charge in [-0.05, 0) is 48.7 Å². The van der Waals surface area contributed by atoms with Crippen LogP contribution < -0.4 is 0 Å². The number of H-pyrrole nitrogens is 1. The minimum Gasteiger partial charge on any atom is -0.508 e. The summed E-state index contributed by atoms with van der Waals surface area (Å²) in [6.07, 6.45) is 4.55. The van der Waals surface area contributed by atoms with Gasteiger partial charge in [0.2, 0.25) is 0 Å². The van der Waals surface area contributed by atoms with Crippen molar-refractivity contribution in [2.24, 2.45) is 0 Å². The smallest absolute Gasteiger partial charge is 0.195 e. The Morgan fingerprint density at radius 2 is 1.55 bits per heavy atom. The standard InChI is InChI=1S/C26H22N2O3/c29-20-9-3-6-17(14-20)25-26(18-7-4-10-21(30)15-18)31-24(28-25)13-5-8-19-16-27-23-12-2-1-11-22(19)23/h1-4,6-7,9-12,14-16,27,29-30H,5,8,13H2. The lowest BCUT2D eigenvalue weighted by Crippen LogP contribution is -1.90. The normalized spacial score (nSPS) is 11.2. The molecule has 5 heteroatoms. The third kappa shape index (κ3) is 3.90. The van der Waals surface area contributed by atoms with Crippen LogP contribution in [0.3, 0.4) is 0 Å². The number of phenols is 2. The summed E-state index contributed by atoms with van der Waals surface area (Å²) < 4.78 is 6.15. The van der Waals surface area contributed by atoms with E-state index >= 15 is 0 Å². The zero-order valence-corrected chi connectivity index (χ0v) is 16.9. The summed E-state index contributed by atoms with van der Waals surface area (Å²) in [4.78, 5) is 8.06. The molecule has 2 heterocycles. The molecule has 0 spiro atoms. The Bertz CT molecular complexity index is 1290. The van der Waals surface area contributed by atoms with E-state index < -0.39 is 0 Å². The van der Waals surface area contributed by atoms with E-state index in [4.69, 9.17) is 9.40 Å². The van der Waals surface area contributed by atoms with Crippen LogP contribution in [0.4, 0.5) is 0 Å². The summed E-state index contributed by atoms with van der Waals surface area (Å²) in [7, 11) is 0. The van der Waals surface area contributed by atoms with Crippen molar-refractivity contribution in [2.45, 2.75) is 19.3 Å². The average Bonchev–Trinajstić information content (AvgIpc) is 3.39.